The fraction of sp³-hybridized carbons (Fsp3) is 0.125. The largest absolute Gasteiger partial charge is 0.292 e. The highest BCUT2D eigenvalue weighted by Gasteiger charge is 2.12. The molecule has 3 aromatic rings. The second-order valence-electron chi connectivity index (χ2n) is 5.36. The monoisotopic (exact) mass is 377 g/mol. The number of aryl methyl sites for hydroxylation is 2. The number of benzene rings is 1. The number of hydrogen-bond donors (Lipinski definition) is 2. The summed E-state index contributed by atoms with van der Waals surface area (Å²) >= 11 is 11.8. The van der Waals surface area contributed by atoms with E-state index in [-0.39, 0.29) is 17.1 Å². The topological polar surface area (TPSA) is 95.9 Å². The molecule has 0 fully saturated rings. The van der Waals surface area contributed by atoms with Crippen LogP contribution >= 0.6 is 23.2 Å². The number of nitrogens with one attached hydrogen (secondary N) is 2. The molecule has 0 saturated heterocycles. The molecule has 0 atom stereocenters. The minimum Gasteiger partial charge on any atom is -0.292 e. The van der Waals surface area contributed by atoms with Gasteiger partial charge in [-0.15, -0.1) is 0 Å². The minimum atomic E-state index is -0.380. The first-order chi connectivity index (χ1) is 11.8. The van der Waals surface area contributed by atoms with Crippen LogP contribution in [0.4, 0.5) is 5.69 Å². The van der Waals surface area contributed by atoms with Gasteiger partial charge in [0.2, 0.25) is 5.95 Å². The smallest absolute Gasteiger partial charge is 0.282 e. The lowest BCUT2D eigenvalue weighted by Crippen LogP contribution is -2.23. The van der Waals surface area contributed by atoms with E-state index in [2.05, 4.69) is 20.1 Å². The number of hydrogen-bond acceptors (Lipinski definition) is 4. The van der Waals surface area contributed by atoms with Gasteiger partial charge < -0.3 is 0 Å². The average molecular weight is 378 g/mol. The molecule has 0 bridgehead atoms. The first-order valence-corrected chi connectivity index (χ1v) is 8.00. The number of aromatic amines is 2. The molecule has 0 spiro atoms. The number of rotatable bonds is 3. The fourth-order valence-electron chi connectivity index (χ4n) is 2.23. The van der Waals surface area contributed by atoms with E-state index in [1.807, 2.05) is 0 Å². The highest BCUT2D eigenvalue weighted by Crippen LogP contribution is 2.26. The van der Waals surface area contributed by atoms with Crippen LogP contribution in [0.15, 0.2) is 38.8 Å². The summed E-state index contributed by atoms with van der Waals surface area (Å²) in [4.78, 5) is 35.1. The first kappa shape index (κ1) is 17.2. The Labute approximate surface area is 152 Å². The van der Waals surface area contributed by atoms with Gasteiger partial charge in [0.25, 0.3) is 11.1 Å². The first-order valence-electron chi connectivity index (χ1n) is 7.24. The van der Waals surface area contributed by atoms with Crippen molar-refractivity contribution in [1.29, 1.82) is 0 Å². The van der Waals surface area contributed by atoms with Crippen LogP contribution in [-0.2, 0) is 0 Å². The molecule has 3 rings (SSSR count). The quantitative estimate of drug-likeness (QED) is 0.686. The van der Waals surface area contributed by atoms with Crippen LogP contribution in [0.5, 0.6) is 0 Å². The van der Waals surface area contributed by atoms with E-state index in [0.29, 0.717) is 32.7 Å². The van der Waals surface area contributed by atoms with Crippen LogP contribution in [0.3, 0.4) is 0 Å². The summed E-state index contributed by atoms with van der Waals surface area (Å²) in [5.41, 5.74) is 1.27. The van der Waals surface area contributed by atoms with Crippen LogP contribution in [0.1, 0.15) is 17.0 Å². The van der Waals surface area contributed by atoms with E-state index in [4.69, 9.17) is 23.2 Å². The molecule has 0 saturated carbocycles. The molecule has 25 heavy (non-hydrogen) atoms. The van der Waals surface area contributed by atoms with E-state index in [1.54, 1.807) is 32.0 Å². The Morgan fingerprint density at radius 3 is 2.60 bits per heavy atom. The molecular weight excluding hydrogens is 365 g/mol. The summed E-state index contributed by atoms with van der Waals surface area (Å²) < 4.78 is 1.17. The molecule has 0 aliphatic heterocycles. The second kappa shape index (κ2) is 6.70. The van der Waals surface area contributed by atoms with Gasteiger partial charge >= 0.3 is 0 Å². The predicted octanol–water partition coefficient (Wildman–Crippen LogP) is 2.92. The molecule has 2 aromatic heterocycles. The molecule has 9 heteroatoms. The standard InChI is InChI=1S/C16H13Cl2N5O2/c1-8-5-14(24)21-16(20-8)23-15(25)11(9(2)22-23)7-19-10-3-4-12(17)13(18)6-10/h3-7,22H,1-2H3,(H,20,21,24). The normalized spacial score (nSPS) is 11.4. The summed E-state index contributed by atoms with van der Waals surface area (Å²) in [6.07, 6.45) is 1.43. The number of nitrogens with zero attached hydrogens (tertiary/aromatic N) is 3. The molecule has 0 amide bonds. The van der Waals surface area contributed by atoms with E-state index in [0.717, 1.165) is 0 Å². The zero-order valence-electron chi connectivity index (χ0n) is 13.3. The molecular formula is C16H13Cl2N5O2. The van der Waals surface area contributed by atoms with Gasteiger partial charge in [-0.2, -0.15) is 4.68 Å². The third-order valence-electron chi connectivity index (χ3n) is 3.43. The maximum Gasteiger partial charge on any atom is 0.282 e. The zero-order chi connectivity index (χ0) is 18.1. The number of H-pyrrole nitrogens is 2. The van der Waals surface area contributed by atoms with Gasteiger partial charge in [-0.1, -0.05) is 23.2 Å². The molecule has 0 unspecified atom stereocenters. The van der Waals surface area contributed by atoms with Gasteiger partial charge in [-0.25, -0.2) is 4.98 Å². The van der Waals surface area contributed by atoms with Crippen molar-refractivity contribution in [2.24, 2.45) is 4.99 Å². The van der Waals surface area contributed by atoms with Crippen LogP contribution in [0.2, 0.25) is 10.0 Å². The molecule has 7 nitrogen and oxygen atoms in total. The maximum atomic E-state index is 12.6. The van der Waals surface area contributed by atoms with Crippen molar-refractivity contribution < 1.29 is 0 Å². The van der Waals surface area contributed by atoms with Gasteiger partial charge in [-0.05, 0) is 32.0 Å². The van der Waals surface area contributed by atoms with Crippen molar-refractivity contribution in [3.63, 3.8) is 0 Å². The summed E-state index contributed by atoms with van der Waals surface area (Å²) in [7, 11) is 0. The molecule has 1 aromatic carbocycles. The van der Waals surface area contributed by atoms with Crippen LogP contribution in [-0.4, -0.2) is 26.0 Å². The van der Waals surface area contributed by atoms with Gasteiger partial charge in [-0.3, -0.25) is 24.7 Å². The second-order valence-corrected chi connectivity index (χ2v) is 6.17. The Morgan fingerprint density at radius 2 is 1.92 bits per heavy atom. The predicted molar refractivity (Wildman–Crippen MR) is 98.0 cm³/mol. The van der Waals surface area contributed by atoms with E-state index in [1.165, 1.54) is 17.0 Å². The van der Waals surface area contributed by atoms with Crippen molar-refractivity contribution in [1.82, 2.24) is 19.7 Å². The molecule has 128 valence electrons. The van der Waals surface area contributed by atoms with Crippen molar-refractivity contribution in [2.45, 2.75) is 13.8 Å². The Balaban J connectivity index is 2.02. The van der Waals surface area contributed by atoms with Crippen molar-refractivity contribution >= 4 is 35.1 Å². The SMILES string of the molecule is Cc1cc(=O)[nH]c(-n2[nH]c(C)c(C=Nc3ccc(Cl)c(Cl)c3)c2=O)n1. The summed E-state index contributed by atoms with van der Waals surface area (Å²) in [6.45, 7) is 3.40. The maximum absolute atomic E-state index is 12.6. The minimum absolute atomic E-state index is 0.118. The molecule has 0 aliphatic carbocycles. The molecule has 0 radical (unpaired) electrons. The van der Waals surface area contributed by atoms with Crippen LogP contribution < -0.4 is 11.1 Å². The van der Waals surface area contributed by atoms with Crippen molar-refractivity contribution in [3.05, 3.63) is 72.0 Å². The van der Waals surface area contributed by atoms with Gasteiger partial charge in [0, 0.05) is 23.7 Å². The van der Waals surface area contributed by atoms with E-state index < -0.39 is 0 Å². The lowest BCUT2D eigenvalue weighted by molar-refractivity contribution is 0.763. The Bertz CT molecular complexity index is 1090. The van der Waals surface area contributed by atoms with Gasteiger partial charge in [0.15, 0.2) is 0 Å². The summed E-state index contributed by atoms with van der Waals surface area (Å²) in [5, 5.41) is 3.68. The lowest BCUT2D eigenvalue weighted by atomic mass is 10.3. The fourth-order valence-corrected chi connectivity index (χ4v) is 2.53. The summed E-state index contributed by atoms with van der Waals surface area (Å²) in [6, 6.07) is 6.25. The molecule has 2 heterocycles. The third-order valence-corrected chi connectivity index (χ3v) is 4.17. The lowest BCUT2D eigenvalue weighted by Gasteiger charge is -2.00. The molecule has 2 N–H and O–H groups in total. The number of aliphatic imine (C=N–C) groups is 1. The third kappa shape index (κ3) is 3.57. The van der Waals surface area contributed by atoms with Crippen molar-refractivity contribution in [2.75, 3.05) is 0 Å². The summed E-state index contributed by atoms with van der Waals surface area (Å²) in [5.74, 6) is 0.118. The zero-order valence-corrected chi connectivity index (χ0v) is 14.8. The Morgan fingerprint density at radius 1 is 1.16 bits per heavy atom. The number of aromatic nitrogens is 4. The van der Waals surface area contributed by atoms with Crippen LogP contribution in [0.25, 0.3) is 5.95 Å². The van der Waals surface area contributed by atoms with Gasteiger partial charge in [0.05, 0.1) is 21.3 Å². The number of halogens is 2. The van der Waals surface area contributed by atoms with E-state index >= 15 is 0 Å². The van der Waals surface area contributed by atoms with Crippen molar-refractivity contribution in [3.8, 4) is 5.95 Å². The van der Waals surface area contributed by atoms with Gasteiger partial charge in [0.1, 0.15) is 0 Å². The Hall–Kier alpha value is -2.64. The highest BCUT2D eigenvalue weighted by atomic mass is 35.5. The highest BCUT2D eigenvalue weighted by molar-refractivity contribution is 6.42. The van der Waals surface area contributed by atoms with E-state index in [9.17, 15) is 9.59 Å². The average Bonchev–Trinajstić information content (AvgIpc) is 2.82. The Kier molecular flexibility index (Phi) is 4.61. The van der Waals surface area contributed by atoms with Crippen LogP contribution in [0, 0.1) is 13.8 Å². The molecule has 0 aliphatic rings.